The van der Waals surface area contributed by atoms with Crippen molar-refractivity contribution < 1.29 is 9.53 Å². The molecule has 74 valence electrons. The normalized spacial score (nSPS) is 9.57. The predicted molar refractivity (Wildman–Crippen MR) is 57.3 cm³/mol. The van der Waals surface area contributed by atoms with Gasteiger partial charge in [0.15, 0.2) is 0 Å². The molecule has 14 heavy (non-hydrogen) atoms. The van der Waals surface area contributed by atoms with Crippen molar-refractivity contribution in [1.82, 2.24) is 0 Å². The van der Waals surface area contributed by atoms with Gasteiger partial charge in [-0.2, -0.15) is 0 Å². The topological polar surface area (TPSA) is 26.3 Å². The van der Waals surface area contributed by atoms with Gasteiger partial charge in [-0.05, 0) is 23.7 Å². The predicted octanol–water partition coefficient (Wildman–Crippen LogP) is 3.28. The second-order valence-electron chi connectivity index (χ2n) is 2.49. The van der Waals surface area contributed by atoms with Gasteiger partial charge < -0.3 is 4.74 Å². The zero-order chi connectivity index (χ0) is 10.6. The molecular weight excluding hydrogens is 223 g/mol. The SMILES string of the molecule is C=CCOc1cccc(C(=O)Cl)c1Cl. The summed E-state index contributed by atoms with van der Waals surface area (Å²) in [5.41, 5.74) is 0.245. The number of benzene rings is 1. The number of carbonyl (C=O) groups excluding carboxylic acids is 1. The van der Waals surface area contributed by atoms with Crippen LogP contribution >= 0.6 is 23.2 Å². The van der Waals surface area contributed by atoms with Gasteiger partial charge in [0, 0.05) is 0 Å². The van der Waals surface area contributed by atoms with Gasteiger partial charge in [0.25, 0.3) is 5.24 Å². The molecule has 0 unspecified atom stereocenters. The smallest absolute Gasteiger partial charge is 0.254 e. The minimum atomic E-state index is -0.598. The van der Waals surface area contributed by atoms with E-state index in [1.54, 1.807) is 24.3 Å². The van der Waals surface area contributed by atoms with E-state index in [1.165, 1.54) is 0 Å². The monoisotopic (exact) mass is 230 g/mol. The van der Waals surface area contributed by atoms with E-state index in [2.05, 4.69) is 6.58 Å². The van der Waals surface area contributed by atoms with E-state index in [4.69, 9.17) is 27.9 Å². The largest absolute Gasteiger partial charge is 0.488 e. The Morgan fingerprint density at radius 3 is 2.86 bits per heavy atom. The van der Waals surface area contributed by atoms with Gasteiger partial charge in [-0.3, -0.25) is 4.79 Å². The number of halogens is 2. The second-order valence-corrected chi connectivity index (χ2v) is 3.21. The summed E-state index contributed by atoms with van der Waals surface area (Å²) in [5.74, 6) is 0.429. The first-order chi connectivity index (χ1) is 6.66. The molecule has 0 saturated heterocycles. The molecule has 0 spiro atoms. The molecule has 4 heteroatoms. The van der Waals surface area contributed by atoms with E-state index >= 15 is 0 Å². The van der Waals surface area contributed by atoms with Crippen LogP contribution in [0.15, 0.2) is 30.9 Å². The van der Waals surface area contributed by atoms with Crippen molar-refractivity contribution in [3.05, 3.63) is 41.4 Å². The van der Waals surface area contributed by atoms with Crippen LogP contribution in [0, 0.1) is 0 Å². The Bertz CT molecular complexity index is 361. The van der Waals surface area contributed by atoms with Crippen molar-refractivity contribution in [2.75, 3.05) is 6.61 Å². The van der Waals surface area contributed by atoms with Crippen LogP contribution in [0.4, 0.5) is 0 Å². The lowest BCUT2D eigenvalue weighted by molar-refractivity contribution is 0.108. The number of rotatable bonds is 4. The standard InChI is InChI=1S/C10H8Cl2O2/c1-2-6-14-8-5-3-4-7(9(8)11)10(12)13/h2-5H,1,6H2. The Morgan fingerprint density at radius 1 is 1.57 bits per heavy atom. The van der Waals surface area contributed by atoms with Gasteiger partial charge in [-0.15, -0.1) is 0 Å². The molecule has 0 N–H and O–H groups in total. The fourth-order valence-corrected chi connectivity index (χ4v) is 1.39. The van der Waals surface area contributed by atoms with Crippen LogP contribution in [-0.4, -0.2) is 11.8 Å². The molecule has 0 fully saturated rings. The summed E-state index contributed by atoms with van der Waals surface area (Å²) in [5, 5.41) is -0.367. The van der Waals surface area contributed by atoms with Crippen LogP contribution < -0.4 is 4.74 Å². The quantitative estimate of drug-likeness (QED) is 0.587. The highest BCUT2D eigenvalue weighted by Crippen LogP contribution is 2.28. The third kappa shape index (κ3) is 2.50. The van der Waals surface area contributed by atoms with E-state index in [-0.39, 0.29) is 10.6 Å². The van der Waals surface area contributed by atoms with Gasteiger partial charge in [0.05, 0.1) is 10.6 Å². The van der Waals surface area contributed by atoms with E-state index in [9.17, 15) is 4.79 Å². The number of carbonyl (C=O) groups is 1. The van der Waals surface area contributed by atoms with Gasteiger partial charge in [0.1, 0.15) is 12.4 Å². The van der Waals surface area contributed by atoms with Crippen molar-refractivity contribution >= 4 is 28.4 Å². The Balaban J connectivity index is 3.01. The first kappa shape index (κ1) is 11.1. The molecule has 2 nitrogen and oxygen atoms in total. The molecule has 0 aliphatic carbocycles. The fraction of sp³-hybridized carbons (Fsp3) is 0.100. The van der Waals surface area contributed by atoms with Crippen molar-refractivity contribution in [1.29, 1.82) is 0 Å². The summed E-state index contributed by atoms with van der Waals surface area (Å²) in [4.78, 5) is 10.9. The summed E-state index contributed by atoms with van der Waals surface area (Å²) >= 11 is 11.2. The van der Waals surface area contributed by atoms with E-state index in [0.29, 0.717) is 12.4 Å². The van der Waals surface area contributed by atoms with Crippen molar-refractivity contribution in [2.24, 2.45) is 0 Å². The number of hydrogen-bond acceptors (Lipinski definition) is 2. The van der Waals surface area contributed by atoms with E-state index in [1.807, 2.05) is 0 Å². The third-order valence-corrected chi connectivity index (χ3v) is 2.13. The summed E-state index contributed by atoms with van der Waals surface area (Å²) in [6.07, 6.45) is 1.59. The zero-order valence-electron chi connectivity index (χ0n) is 7.30. The van der Waals surface area contributed by atoms with Gasteiger partial charge in [-0.1, -0.05) is 30.3 Å². The molecule has 0 aliphatic rings. The molecule has 1 aromatic carbocycles. The minimum Gasteiger partial charge on any atom is -0.488 e. The minimum absolute atomic E-state index is 0.231. The van der Waals surface area contributed by atoms with Crippen LogP contribution in [0.25, 0.3) is 0 Å². The molecular formula is C10H8Cl2O2. The molecule has 0 heterocycles. The number of ether oxygens (including phenoxy) is 1. The lowest BCUT2D eigenvalue weighted by atomic mass is 10.2. The fourth-order valence-electron chi connectivity index (χ4n) is 0.923. The summed E-state index contributed by atoms with van der Waals surface area (Å²) < 4.78 is 5.22. The summed E-state index contributed by atoms with van der Waals surface area (Å²) in [6, 6.07) is 4.85. The van der Waals surface area contributed by atoms with E-state index < -0.39 is 5.24 Å². The maximum Gasteiger partial charge on any atom is 0.254 e. The molecule has 0 radical (unpaired) electrons. The molecule has 0 saturated carbocycles. The Hall–Kier alpha value is -0.990. The average molecular weight is 231 g/mol. The third-order valence-electron chi connectivity index (χ3n) is 1.53. The van der Waals surface area contributed by atoms with Crippen molar-refractivity contribution in [2.45, 2.75) is 0 Å². The molecule has 1 rings (SSSR count). The van der Waals surface area contributed by atoms with Gasteiger partial charge in [0.2, 0.25) is 0 Å². The van der Waals surface area contributed by atoms with Gasteiger partial charge in [-0.25, -0.2) is 0 Å². The van der Waals surface area contributed by atoms with Crippen LogP contribution in [0.5, 0.6) is 5.75 Å². The lowest BCUT2D eigenvalue weighted by Crippen LogP contribution is -1.97. The van der Waals surface area contributed by atoms with Gasteiger partial charge >= 0.3 is 0 Å². The first-order valence-corrected chi connectivity index (χ1v) is 4.64. The molecule has 0 aliphatic heterocycles. The van der Waals surface area contributed by atoms with Crippen LogP contribution in [0.2, 0.25) is 5.02 Å². The highest BCUT2D eigenvalue weighted by atomic mass is 35.5. The maximum atomic E-state index is 10.9. The molecule has 0 aromatic heterocycles. The molecule has 1 aromatic rings. The maximum absolute atomic E-state index is 10.9. The van der Waals surface area contributed by atoms with Crippen molar-refractivity contribution in [3.63, 3.8) is 0 Å². The zero-order valence-corrected chi connectivity index (χ0v) is 8.81. The van der Waals surface area contributed by atoms with Crippen LogP contribution in [0.3, 0.4) is 0 Å². The lowest BCUT2D eigenvalue weighted by Gasteiger charge is -2.06. The molecule has 0 bridgehead atoms. The highest BCUT2D eigenvalue weighted by Gasteiger charge is 2.11. The molecule has 0 amide bonds. The van der Waals surface area contributed by atoms with Crippen molar-refractivity contribution in [3.8, 4) is 5.75 Å². The van der Waals surface area contributed by atoms with Crippen LogP contribution in [-0.2, 0) is 0 Å². The Morgan fingerprint density at radius 2 is 2.29 bits per heavy atom. The summed E-state index contributed by atoms with van der Waals surface area (Å²) in [7, 11) is 0. The molecule has 0 atom stereocenters. The highest BCUT2D eigenvalue weighted by molar-refractivity contribution is 6.68. The number of hydrogen-bond donors (Lipinski definition) is 0. The second kappa shape index (κ2) is 5.03. The van der Waals surface area contributed by atoms with Crippen LogP contribution in [0.1, 0.15) is 10.4 Å². The summed E-state index contributed by atoms with van der Waals surface area (Å²) in [6.45, 7) is 3.83. The van der Waals surface area contributed by atoms with E-state index in [0.717, 1.165) is 0 Å². The average Bonchev–Trinajstić information content (AvgIpc) is 2.16. The first-order valence-electron chi connectivity index (χ1n) is 3.89. The Kier molecular flexibility index (Phi) is 3.98. The Labute approximate surface area is 92.1 Å².